The Morgan fingerprint density at radius 1 is 1.15 bits per heavy atom. The lowest BCUT2D eigenvalue weighted by atomic mass is 9.90. The van der Waals surface area contributed by atoms with Crippen molar-refractivity contribution in [2.75, 3.05) is 0 Å². The van der Waals surface area contributed by atoms with Gasteiger partial charge in [0.15, 0.2) is 0 Å². The van der Waals surface area contributed by atoms with E-state index in [0.717, 1.165) is 5.56 Å². The van der Waals surface area contributed by atoms with Crippen molar-refractivity contribution in [3.63, 3.8) is 0 Å². The monoisotopic (exact) mass is 372 g/mol. The smallest absolute Gasteiger partial charge is 0.308 e. The quantitative estimate of drug-likeness (QED) is 0.815. The predicted octanol–water partition coefficient (Wildman–Crippen LogP) is 2.99. The first-order valence-corrected chi connectivity index (χ1v) is 8.42. The first-order valence-electron chi connectivity index (χ1n) is 8.04. The van der Waals surface area contributed by atoms with Gasteiger partial charge >= 0.3 is 5.97 Å². The molecule has 0 radical (unpaired) electrons. The minimum absolute atomic E-state index is 0.0314. The standard InChI is InChI=1S/C19H17ClN2O4/c20-15-9-5-4-8-14(15)16-10-19(26-22-16,11-17(23)24)18(25)21-12-13-6-2-1-3-7-13/h1-9H,10-12H2,(H,21,25)(H,23,24). The molecule has 0 saturated heterocycles. The lowest BCUT2D eigenvalue weighted by Crippen LogP contribution is -2.48. The van der Waals surface area contributed by atoms with Crippen LogP contribution >= 0.6 is 11.6 Å². The number of nitrogens with one attached hydrogen (secondary N) is 1. The van der Waals surface area contributed by atoms with Crippen molar-refractivity contribution in [3.05, 3.63) is 70.7 Å². The molecular formula is C19H17ClN2O4. The van der Waals surface area contributed by atoms with Crippen LogP contribution in [0, 0.1) is 0 Å². The second kappa shape index (κ2) is 7.58. The maximum atomic E-state index is 12.7. The van der Waals surface area contributed by atoms with Crippen molar-refractivity contribution < 1.29 is 19.5 Å². The minimum atomic E-state index is -1.59. The summed E-state index contributed by atoms with van der Waals surface area (Å²) in [4.78, 5) is 29.4. The van der Waals surface area contributed by atoms with E-state index >= 15 is 0 Å². The number of benzene rings is 2. The van der Waals surface area contributed by atoms with Gasteiger partial charge in [0.25, 0.3) is 5.91 Å². The molecule has 0 aliphatic carbocycles. The number of carboxylic acid groups (broad SMARTS) is 1. The molecule has 1 atom stereocenters. The van der Waals surface area contributed by atoms with Gasteiger partial charge in [-0.1, -0.05) is 65.3 Å². The van der Waals surface area contributed by atoms with Crippen molar-refractivity contribution in [3.8, 4) is 0 Å². The Morgan fingerprint density at radius 2 is 1.85 bits per heavy atom. The average molecular weight is 373 g/mol. The van der Waals surface area contributed by atoms with Crippen LogP contribution in [-0.2, 0) is 21.0 Å². The summed E-state index contributed by atoms with van der Waals surface area (Å²) in [6.45, 7) is 0.270. The van der Waals surface area contributed by atoms with Crippen molar-refractivity contribution in [2.24, 2.45) is 5.16 Å². The van der Waals surface area contributed by atoms with Crippen LogP contribution in [0.15, 0.2) is 59.8 Å². The van der Waals surface area contributed by atoms with Crippen LogP contribution in [-0.4, -0.2) is 28.3 Å². The molecule has 1 unspecified atom stereocenters. The van der Waals surface area contributed by atoms with E-state index in [9.17, 15) is 14.7 Å². The number of oxime groups is 1. The first kappa shape index (κ1) is 17.9. The molecule has 1 heterocycles. The molecule has 2 N–H and O–H groups in total. The summed E-state index contributed by atoms with van der Waals surface area (Å²) in [5.74, 6) is -1.66. The molecule has 2 aromatic carbocycles. The highest BCUT2D eigenvalue weighted by Gasteiger charge is 2.48. The summed E-state index contributed by atoms with van der Waals surface area (Å²) < 4.78 is 0. The number of amides is 1. The number of hydrogen-bond donors (Lipinski definition) is 2. The number of aliphatic carboxylic acids is 1. The van der Waals surface area contributed by atoms with Crippen LogP contribution in [0.1, 0.15) is 24.0 Å². The van der Waals surface area contributed by atoms with Crippen LogP contribution in [0.25, 0.3) is 0 Å². The van der Waals surface area contributed by atoms with Gasteiger partial charge in [0.2, 0.25) is 5.60 Å². The summed E-state index contributed by atoms with van der Waals surface area (Å²) in [6.07, 6.45) is -0.464. The number of rotatable bonds is 6. The number of halogens is 1. The summed E-state index contributed by atoms with van der Waals surface area (Å²) >= 11 is 6.17. The zero-order chi connectivity index (χ0) is 18.6. The summed E-state index contributed by atoms with van der Waals surface area (Å²) in [6, 6.07) is 16.3. The third kappa shape index (κ3) is 3.86. The number of nitrogens with zero attached hydrogens (tertiary/aromatic N) is 1. The fourth-order valence-electron chi connectivity index (χ4n) is 2.80. The zero-order valence-corrected chi connectivity index (χ0v) is 14.6. The Bertz CT molecular complexity index is 854. The van der Waals surface area contributed by atoms with Gasteiger partial charge in [-0.3, -0.25) is 9.59 Å². The lowest BCUT2D eigenvalue weighted by molar-refractivity contribution is -0.156. The molecule has 0 aromatic heterocycles. The molecule has 0 spiro atoms. The topological polar surface area (TPSA) is 88.0 Å². The molecule has 134 valence electrons. The van der Waals surface area contributed by atoms with Gasteiger partial charge in [0, 0.05) is 23.6 Å². The molecule has 26 heavy (non-hydrogen) atoms. The third-order valence-electron chi connectivity index (χ3n) is 4.11. The van der Waals surface area contributed by atoms with E-state index in [4.69, 9.17) is 16.4 Å². The second-order valence-electron chi connectivity index (χ2n) is 6.02. The highest BCUT2D eigenvalue weighted by Crippen LogP contribution is 2.32. The molecule has 1 aliphatic heterocycles. The number of carbonyl (C=O) groups excluding carboxylic acids is 1. The van der Waals surface area contributed by atoms with Crippen molar-refractivity contribution >= 4 is 29.2 Å². The molecule has 2 aromatic rings. The van der Waals surface area contributed by atoms with E-state index < -0.39 is 23.9 Å². The van der Waals surface area contributed by atoms with E-state index in [0.29, 0.717) is 16.3 Å². The first-order chi connectivity index (χ1) is 12.5. The van der Waals surface area contributed by atoms with E-state index in [-0.39, 0.29) is 13.0 Å². The molecule has 0 fully saturated rings. The number of carbonyl (C=O) groups is 2. The normalized spacial score (nSPS) is 18.7. The van der Waals surface area contributed by atoms with Crippen LogP contribution in [0.4, 0.5) is 0 Å². The molecule has 1 aliphatic rings. The number of carboxylic acids is 1. The average Bonchev–Trinajstić information content (AvgIpc) is 3.05. The van der Waals surface area contributed by atoms with Crippen LogP contribution in [0.2, 0.25) is 5.02 Å². The molecule has 7 heteroatoms. The SMILES string of the molecule is O=C(O)CC1(C(=O)NCc2ccccc2)CC(c2ccccc2Cl)=NO1. The van der Waals surface area contributed by atoms with Crippen molar-refractivity contribution in [1.82, 2.24) is 5.32 Å². The maximum Gasteiger partial charge on any atom is 0.308 e. The molecule has 1 amide bonds. The van der Waals surface area contributed by atoms with E-state index in [1.54, 1.807) is 24.3 Å². The zero-order valence-electron chi connectivity index (χ0n) is 13.8. The molecule has 6 nitrogen and oxygen atoms in total. The Morgan fingerprint density at radius 3 is 2.54 bits per heavy atom. The summed E-state index contributed by atoms with van der Waals surface area (Å²) in [5, 5.41) is 16.4. The van der Waals surface area contributed by atoms with Gasteiger partial charge in [0.05, 0.1) is 12.1 Å². The van der Waals surface area contributed by atoms with Gasteiger partial charge in [-0.15, -0.1) is 0 Å². The Hall–Kier alpha value is -2.86. The van der Waals surface area contributed by atoms with Gasteiger partial charge in [-0.05, 0) is 11.6 Å². The highest BCUT2D eigenvalue weighted by atomic mass is 35.5. The van der Waals surface area contributed by atoms with E-state index in [1.165, 1.54) is 0 Å². The van der Waals surface area contributed by atoms with E-state index in [2.05, 4.69) is 10.5 Å². The van der Waals surface area contributed by atoms with E-state index in [1.807, 2.05) is 30.3 Å². The predicted molar refractivity (Wildman–Crippen MR) is 97.0 cm³/mol. The van der Waals surface area contributed by atoms with Crippen LogP contribution < -0.4 is 5.32 Å². The van der Waals surface area contributed by atoms with Gasteiger partial charge in [-0.25, -0.2) is 0 Å². The van der Waals surface area contributed by atoms with Crippen LogP contribution in [0.5, 0.6) is 0 Å². The Balaban J connectivity index is 1.77. The summed E-state index contributed by atoms with van der Waals surface area (Å²) in [5.41, 5.74) is 0.385. The number of hydrogen-bond acceptors (Lipinski definition) is 4. The summed E-state index contributed by atoms with van der Waals surface area (Å²) in [7, 11) is 0. The largest absolute Gasteiger partial charge is 0.481 e. The highest BCUT2D eigenvalue weighted by molar-refractivity contribution is 6.34. The third-order valence-corrected chi connectivity index (χ3v) is 4.44. The van der Waals surface area contributed by atoms with Crippen LogP contribution in [0.3, 0.4) is 0 Å². The van der Waals surface area contributed by atoms with Crippen molar-refractivity contribution in [1.29, 1.82) is 0 Å². The van der Waals surface area contributed by atoms with Crippen molar-refractivity contribution in [2.45, 2.75) is 25.0 Å². The maximum absolute atomic E-state index is 12.7. The second-order valence-corrected chi connectivity index (χ2v) is 6.43. The molecular weight excluding hydrogens is 356 g/mol. The lowest BCUT2D eigenvalue weighted by Gasteiger charge is -2.23. The van der Waals surface area contributed by atoms with Gasteiger partial charge in [0.1, 0.15) is 0 Å². The fraction of sp³-hybridized carbons (Fsp3) is 0.211. The van der Waals surface area contributed by atoms with Gasteiger partial charge in [-0.2, -0.15) is 0 Å². The minimum Gasteiger partial charge on any atom is -0.481 e. The Kier molecular flexibility index (Phi) is 5.23. The fourth-order valence-corrected chi connectivity index (χ4v) is 3.04. The molecule has 0 saturated carbocycles. The Labute approximate surface area is 155 Å². The molecule has 3 rings (SSSR count). The molecule has 0 bridgehead atoms. The van der Waals surface area contributed by atoms with Gasteiger partial charge < -0.3 is 15.3 Å².